The average Bonchev–Trinajstić information content (AvgIpc) is 3.18. The van der Waals surface area contributed by atoms with Gasteiger partial charge in [0.1, 0.15) is 6.04 Å². The van der Waals surface area contributed by atoms with E-state index in [1.165, 1.54) is 12.8 Å². The van der Waals surface area contributed by atoms with Crippen LogP contribution in [0.5, 0.6) is 0 Å². The molecule has 1 heterocycles. The van der Waals surface area contributed by atoms with Gasteiger partial charge in [-0.05, 0) is 30.4 Å². The van der Waals surface area contributed by atoms with E-state index >= 15 is 0 Å². The Hall–Kier alpha value is -1.81. The predicted octanol–water partition coefficient (Wildman–Crippen LogP) is 1.99. The Labute approximate surface area is 111 Å². The van der Waals surface area contributed by atoms with Gasteiger partial charge in [-0.15, -0.1) is 0 Å². The number of hydrogen-bond acceptors (Lipinski definition) is 3. The van der Waals surface area contributed by atoms with E-state index in [-0.39, 0.29) is 5.97 Å². The van der Waals surface area contributed by atoms with Crippen LogP contribution in [0.15, 0.2) is 30.5 Å². The predicted molar refractivity (Wildman–Crippen MR) is 73.7 cm³/mol. The summed E-state index contributed by atoms with van der Waals surface area (Å²) in [6, 6.07) is 7.42. The van der Waals surface area contributed by atoms with Gasteiger partial charge in [-0.3, -0.25) is 4.79 Å². The lowest BCUT2D eigenvalue weighted by atomic mass is 10.1. The Balaban J connectivity index is 1.64. The number of H-pyrrole nitrogens is 1. The third kappa shape index (κ3) is 2.79. The number of ether oxygens (including phenoxy) is 1. The molecular formula is C15H18N2O2. The molecule has 100 valence electrons. The van der Waals surface area contributed by atoms with E-state index in [0.717, 1.165) is 16.5 Å². The first kappa shape index (κ1) is 12.2. The van der Waals surface area contributed by atoms with Gasteiger partial charge in [0.05, 0.1) is 6.61 Å². The van der Waals surface area contributed by atoms with Gasteiger partial charge in [0, 0.05) is 23.5 Å². The van der Waals surface area contributed by atoms with Crippen LogP contribution in [-0.2, 0) is 16.0 Å². The summed E-state index contributed by atoms with van der Waals surface area (Å²) in [5.74, 6) is 0.279. The third-order valence-electron chi connectivity index (χ3n) is 3.58. The third-order valence-corrected chi connectivity index (χ3v) is 3.58. The standard InChI is InChI=1S/C15H18N2O2/c16-13(15(18)19-9-10-5-6-10)7-11-8-17-14-4-2-1-3-12(11)14/h1-4,8,10,13,17H,5-7,9,16H2/t13-/m1/s1. The number of benzene rings is 1. The minimum absolute atomic E-state index is 0.294. The van der Waals surface area contributed by atoms with E-state index in [2.05, 4.69) is 4.98 Å². The molecule has 2 aromatic rings. The van der Waals surface area contributed by atoms with Gasteiger partial charge in [0.2, 0.25) is 0 Å². The molecule has 1 fully saturated rings. The van der Waals surface area contributed by atoms with Crippen LogP contribution in [0.3, 0.4) is 0 Å². The molecular weight excluding hydrogens is 240 g/mol. The number of aromatic nitrogens is 1. The van der Waals surface area contributed by atoms with Crippen LogP contribution < -0.4 is 5.73 Å². The Bertz CT molecular complexity index is 587. The summed E-state index contributed by atoms with van der Waals surface area (Å²) < 4.78 is 5.21. The fourth-order valence-corrected chi connectivity index (χ4v) is 2.21. The van der Waals surface area contributed by atoms with Crippen LogP contribution in [0, 0.1) is 5.92 Å². The van der Waals surface area contributed by atoms with Crippen LogP contribution in [-0.4, -0.2) is 23.6 Å². The lowest BCUT2D eigenvalue weighted by molar-refractivity contribution is -0.145. The summed E-state index contributed by atoms with van der Waals surface area (Å²) in [7, 11) is 0. The molecule has 1 atom stereocenters. The minimum atomic E-state index is -0.585. The molecule has 4 nitrogen and oxygen atoms in total. The number of aromatic amines is 1. The van der Waals surface area contributed by atoms with E-state index < -0.39 is 6.04 Å². The van der Waals surface area contributed by atoms with Gasteiger partial charge < -0.3 is 15.5 Å². The highest BCUT2D eigenvalue weighted by Gasteiger charge is 2.25. The molecule has 1 aromatic carbocycles. The summed E-state index contributed by atoms with van der Waals surface area (Å²) in [6.07, 6.45) is 4.77. The van der Waals surface area contributed by atoms with E-state index in [1.807, 2.05) is 30.5 Å². The lowest BCUT2D eigenvalue weighted by Crippen LogP contribution is -2.34. The number of para-hydroxylation sites is 1. The number of rotatable bonds is 5. The summed E-state index contributed by atoms with van der Waals surface area (Å²) in [5, 5.41) is 1.12. The van der Waals surface area contributed by atoms with Crippen LogP contribution in [0.4, 0.5) is 0 Å². The van der Waals surface area contributed by atoms with Gasteiger partial charge in [-0.1, -0.05) is 18.2 Å². The first-order chi connectivity index (χ1) is 9.24. The molecule has 3 N–H and O–H groups in total. The zero-order valence-corrected chi connectivity index (χ0v) is 10.8. The smallest absolute Gasteiger partial charge is 0.323 e. The van der Waals surface area contributed by atoms with Crippen molar-refractivity contribution < 1.29 is 9.53 Å². The minimum Gasteiger partial charge on any atom is -0.464 e. The molecule has 4 heteroatoms. The van der Waals surface area contributed by atoms with Crippen LogP contribution >= 0.6 is 0 Å². The maximum absolute atomic E-state index is 11.8. The van der Waals surface area contributed by atoms with Crippen molar-refractivity contribution in [2.75, 3.05) is 6.61 Å². The van der Waals surface area contributed by atoms with Crippen molar-refractivity contribution in [3.05, 3.63) is 36.0 Å². The fourth-order valence-electron chi connectivity index (χ4n) is 2.21. The van der Waals surface area contributed by atoms with Gasteiger partial charge in [-0.2, -0.15) is 0 Å². The number of hydrogen-bond donors (Lipinski definition) is 2. The Morgan fingerprint density at radius 2 is 2.21 bits per heavy atom. The molecule has 0 radical (unpaired) electrons. The Morgan fingerprint density at radius 3 is 3.00 bits per heavy atom. The SMILES string of the molecule is N[C@H](Cc1c[nH]c2ccccc12)C(=O)OCC1CC1. The number of nitrogens with one attached hydrogen (secondary N) is 1. The molecule has 3 rings (SSSR count). The van der Waals surface area contributed by atoms with Gasteiger partial charge in [-0.25, -0.2) is 0 Å². The van der Waals surface area contributed by atoms with Gasteiger partial charge in [0.15, 0.2) is 0 Å². The first-order valence-corrected chi connectivity index (χ1v) is 6.71. The highest BCUT2D eigenvalue weighted by atomic mass is 16.5. The van der Waals surface area contributed by atoms with Crippen molar-refractivity contribution >= 4 is 16.9 Å². The highest BCUT2D eigenvalue weighted by molar-refractivity contribution is 5.84. The second kappa shape index (κ2) is 5.05. The Morgan fingerprint density at radius 1 is 1.42 bits per heavy atom. The fraction of sp³-hybridized carbons (Fsp3) is 0.400. The van der Waals surface area contributed by atoms with Crippen molar-refractivity contribution in [3.8, 4) is 0 Å². The van der Waals surface area contributed by atoms with Crippen molar-refractivity contribution in [3.63, 3.8) is 0 Å². The topological polar surface area (TPSA) is 68.1 Å². The molecule has 0 bridgehead atoms. The van der Waals surface area contributed by atoms with E-state index in [4.69, 9.17) is 10.5 Å². The zero-order chi connectivity index (χ0) is 13.2. The normalized spacial score (nSPS) is 16.5. The molecule has 0 saturated heterocycles. The second-order valence-corrected chi connectivity index (χ2v) is 5.24. The van der Waals surface area contributed by atoms with E-state index in [0.29, 0.717) is 18.9 Å². The second-order valence-electron chi connectivity index (χ2n) is 5.24. The van der Waals surface area contributed by atoms with Crippen LogP contribution in [0.2, 0.25) is 0 Å². The quantitative estimate of drug-likeness (QED) is 0.806. The number of carbonyl (C=O) groups excluding carboxylic acids is 1. The van der Waals surface area contributed by atoms with Crippen molar-refractivity contribution in [2.45, 2.75) is 25.3 Å². The number of esters is 1. The summed E-state index contributed by atoms with van der Waals surface area (Å²) in [5.41, 5.74) is 8.04. The molecule has 1 aromatic heterocycles. The zero-order valence-electron chi connectivity index (χ0n) is 10.8. The molecule has 0 aliphatic heterocycles. The van der Waals surface area contributed by atoms with Crippen LogP contribution in [0.1, 0.15) is 18.4 Å². The highest BCUT2D eigenvalue weighted by Crippen LogP contribution is 2.29. The molecule has 19 heavy (non-hydrogen) atoms. The average molecular weight is 258 g/mol. The maximum atomic E-state index is 11.8. The monoisotopic (exact) mass is 258 g/mol. The van der Waals surface area contributed by atoms with E-state index in [1.54, 1.807) is 0 Å². The molecule has 1 aliphatic rings. The Kier molecular flexibility index (Phi) is 3.25. The van der Waals surface area contributed by atoms with E-state index in [9.17, 15) is 4.79 Å². The summed E-state index contributed by atoms with van der Waals surface area (Å²) in [4.78, 5) is 15.0. The number of nitrogens with two attached hydrogens (primary N) is 1. The summed E-state index contributed by atoms with van der Waals surface area (Å²) >= 11 is 0. The molecule has 1 aliphatic carbocycles. The number of fused-ring (bicyclic) bond motifs is 1. The van der Waals surface area contributed by atoms with Crippen molar-refractivity contribution in [2.24, 2.45) is 11.7 Å². The first-order valence-electron chi connectivity index (χ1n) is 6.71. The largest absolute Gasteiger partial charge is 0.464 e. The van der Waals surface area contributed by atoms with Crippen molar-refractivity contribution in [1.29, 1.82) is 0 Å². The molecule has 1 saturated carbocycles. The molecule has 0 spiro atoms. The van der Waals surface area contributed by atoms with Gasteiger partial charge >= 0.3 is 5.97 Å². The van der Waals surface area contributed by atoms with Crippen LogP contribution in [0.25, 0.3) is 10.9 Å². The molecule has 0 unspecified atom stereocenters. The molecule has 0 amide bonds. The van der Waals surface area contributed by atoms with Gasteiger partial charge in [0.25, 0.3) is 0 Å². The maximum Gasteiger partial charge on any atom is 0.323 e. The number of carbonyl (C=O) groups is 1. The lowest BCUT2D eigenvalue weighted by Gasteiger charge is -2.10. The van der Waals surface area contributed by atoms with Crippen molar-refractivity contribution in [1.82, 2.24) is 4.98 Å². The summed E-state index contributed by atoms with van der Waals surface area (Å²) in [6.45, 7) is 0.528.